The summed E-state index contributed by atoms with van der Waals surface area (Å²) < 4.78 is 26.2. The van der Waals surface area contributed by atoms with Crippen LogP contribution in [0.4, 0.5) is 0 Å². The molecule has 30 heavy (non-hydrogen) atoms. The third-order valence-corrected chi connectivity index (χ3v) is 8.57. The van der Waals surface area contributed by atoms with E-state index in [1.54, 1.807) is 11.8 Å². The van der Waals surface area contributed by atoms with Crippen LogP contribution in [0.5, 0.6) is 0 Å². The van der Waals surface area contributed by atoms with E-state index in [0.29, 0.717) is 32.2 Å². The van der Waals surface area contributed by atoms with Crippen molar-refractivity contribution in [2.75, 3.05) is 6.54 Å². The van der Waals surface area contributed by atoms with Gasteiger partial charge in [-0.05, 0) is 58.3 Å². The number of rotatable bonds is 3. The van der Waals surface area contributed by atoms with Gasteiger partial charge in [0.25, 0.3) is 5.91 Å². The summed E-state index contributed by atoms with van der Waals surface area (Å²) in [6, 6.07) is -1.59. The average Bonchev–Trinajstić information content (AvgIpc) is 3.26. The van der Waals surface area contributed by atoms with Gasteiger partial charge in [0, 0.05) is 13.0 Å². The number of nitrogens with zero attached hydrogens (tertiary/aromatic N) is 1. The van der Waals surface area contributed by atoms with E-state index >= 15 is 0 Å². The Labute approximate surface area is 178 Å². The number of nitrogens with one attached hydrogen (secondary N) is 2. The molecule has 3 amide bonds. The first kappa shape index (κ1) is 22.8. The van der Waals surface area contributed by atoms with Crippen molar-refractivity contribution in [3.05, 3.63) is 12.2 Å². The van der Waals surface area contributed by atoms with Gasteiger partial charge in [-0.1, -0.05) is 25.0 Å². The van der Waals surface area contributed by atoms with E-state index in [4.69, 9.17) is 0 Å². The topological polar surface area (TPSA) is 113 Å². The molecule has 1 saturated heterocycles. The molecule has 2 N–H and O–H groups in total. The predicted molar refractivity (Wildman–Crippen MR) is 113 cm³/mol. The van der Waals surface area contributed by atoms with Crippen molar-refractivity contribution in [1.29, 1.82) is 0 Å². The number of carbonyl (C=O) groups is 3. The molecular weight excluding hydrogens is 406 g/mol. The van der Waals surface area contributed by atoms with E-state index in [1.165, 1.54) is 0 Å². The van der Waals surface area contributed by atoms with Gasteiger partial charge in [-0.15, -0.1) is 0 Å². The summed E-state index contributed by atoms with van der Waals surface area (Å²) in [5.41, 5.74) is 0. The fourth-order valence-electron chi connectivity index (χ4n) is 3.99. The first-order valence-corrected chi connectivity index (χ1v) is 12.5. The van der Waals surface area contributed by atoms with Crippen LogP contribution < -0.4 is 10.0 Å². The van der Waals surface area contributed by atoms with Crippen LogP contribution in [0.2, 0.25) is 0 Å². The second-order valence-electron chi connectivity index (χ2n) is 8.89. The number of amides is 3. The molecule has 3 aliphatic rings. The van der Waals surface area contributed by atoms with Crippen molar-refractivity contribution in [3.8, 4) is 0 Å². The highest BCUT2D eigenvalue weighted by Crippen LogP contribution is 2.42. The second-order valence-corrected chi connectivity index (χ2v) is 11.1. The van der Waals surface area contributed by atoms with E-state index in [1.807, 2.05) is 12.2 Å². The predicted octanol–water partition coefficient (Wildman–Crippen LogP) is 1.76. The minimum Gasteiger partial charge on any atom is -0.342 e. The van der Waals surface area contributed by atoms with Crippen molar-refractivity contribution in [2.24, 2.45) is 0 Å². The van der Waals surface area contributed by atoms with Crippen molar-refractivity contribution in [3.63, 3.8) is 0 Å². The highest BCUT2D eigenvalue weighted by Gasteiger charge is 2.51. The van der Waals surface area contributed by atoms with Gasteiger partial charge in [-0.3, -0.25) is 19.1 Å². The molecule has 2 fully saturated rings. The molecule has 3 rings (SSSR count). The Kier molecular flexibility index (Phi) is 7.21. The molecule has 2 atom stereocenters. The quantitative estimate of drug-likeness (QED) is 0.651. The van der Waals surface area contributed by atoms with Gasteiger partial charge in [0.15, 0.2) is 0 Å². The van der Waals surface area contributed by atoms with E-state index in [-0.39, 0.29) is 18.2 Å². The molecule has 8 nitrogen and oxygen atoms in total. The van der Waals surface area contributed by atoms with Crippen LogP contribution >= 0.6 is 0 Å². The summed E-state index contributed by atoms with van der Waals surface area (Å²) in [5.74, 6) is -1.13. The molecule has 0 aromatic rings. The third-order valence-electron chi connectivity index (χ3n) is 6.40. The fourth-order valence-corrected chi connectivity index (χ4v) is 5.29. The lowest BCUT2D eigenvalue weighted by Crippen LogP contribution is -2.54. The molecule has 2 aliphatic heterocycles. The summed E-state index contributed by atoms with van der Waals surface area (Å²) in [6.07, 6.45) is 11.4. The van der Waals surface area contributed by atoms with Gasteiger partial charge >= 0.3 is 0 Å². The molecule has 168 valence electrons. The lowest BCUT2D eigenvalue weighted by atomic mass is 10.1. The third kappa shape index (κ3) is 5.42. The average molecular weight is 440 g/mol. The lowest BCUT2D eigenvalue weighted by molar-refractivity contribution is -0.139. The number of allylic oxidation sites excluding steroid dienone is 1. The molecule has 0 spiro atoms. The van der Waals surface area contributed by atoms with Crippen LogP contribution in [0.25, 0.3) is 0 Å². The second kappa shape index (κ2) is 9.49. The first-order valence-electron chi connectivity index (χ1n) is 11.0. The summed E-state index contributed by atoms with van der Waals surface area (Å²) in [7, 11) is -3.78. The number of hydrogen-bond acceptors (Lipinski definition) is 5. The highest BCUT2D eigenvalue weighted by atomic mass is 32.2. The zero-order valence-corrected chi connectivity index (χ0v) is 18.5. The normalized spacial score (nSPS) is 29.2. The Balaban J connectivity index is 1.74. The molecule has 1 aliphatic carbocycles. The summed E-state index contributed by atoms with van der Waals surface area (Å²) in [5, 5.41) is 2.71. The summed E-state index contributed by atoms with van der Waals surface area (Å²) in [6.45, 7) is 2.15. The maximum Gasteiger partial charge on any atom is 0.256 e. The van der Waals surface area contributed by atoms with Crippen LogP contribution in [0.15, 0.2) is 12.2 Å². The van der Waals surface area contributed by atoms with Crippen molar-refractivity contribution in [1.82, 2.24) is 14.9 Å². The first-order chi connectivity index (χ1) is 14.2. The van der Waals surface area contributed by atoms with Crippen molar-refractivity contribution < 1.29 is 22.8 Å². The van der Waals surface area contributed by atoms with Crippen LogP contribution in [-0.2, 0) is 24.4 Å². The number of carbonyl (C=O) groups excluding carboxylic acids is 3. The van der Waals surface area contributed by atoms with Crippen molar-refractivity contribution in [2.45, 2.75) is 94.4 Å². The van der Waals surface area contributed by atoms with Crippen LogP contribution in [0, 0.1) is 0 Å². The van der Waals surface area contributed by atoms with Crippen molar-refractivity contribution >= 4 is 27.7 Å². The Bertz CT molecular complexity index is 803. The van der Waals surface area contributed by atoms with Gasteiger partial charge in [-0.25, -0.2) is 8.42 Å². The zero-order chi connectivity index (χ0) is 21.8. The standard InChI is InChI=1S/C21H33N3O5S/c1-21(13-14-21)30(28,29)23-19(26)16-10-7-5-3-2-4-6-8-12-18(25)24-15-9-11-17(24)20(27)22-16/h5,7,16-17H,2-4,6,8-15H2,1H3,(H,22,27)(H,23,26)/b7-5-. The molecule has 2 heterocycles. The van der Waals surface area contributed by atoms with E-state index < -0.39 is 32.8 Å². The molecule has 0 aromatic heterocycles. The Morgan fingerprint density at radius 1 is 1.13 bits per heavy atom. The Hall–Kier alpha value is -1.90. The molecular formula is C21H33N3O5S. The van der Waals surface area contributed by atoms with Crippen LogP contribution in [0.3, 0.4) is 0 Å². The van der Waals surface area contributed by atoms with Crippen LogP contribution in [-0.4, -0.2) is 54.4 Å². The van der Waals surface area contributed by atoms with Gasteiger partial charge < -0.3 is 10.2 Å². The molecule has 9 heteroatoms. The summed E-state index contributed by atoms with van der Waals surface area (Å²) >= 11 is 0. The maximum absolute atomic E-state index is 12.9. The lowest BCUT2D eigenvalue weighted by Gasteiger charge is -2.26. The van der Waals surface area contributed by atoms with E-state index in [9.17, 15) is 22.8 Å². The van der Waals surface area contributed by atoms with Gasteiger partial charge in [-0.2, -0.15) is 0 Å². The van der Waals surface area contributed by atoms with Crippen LogP contribution in [0.1, 0.15) is 77.6 Å². The number of fused-ring (bicyclic) bond motifs is 1. The molecule has 0 bridgehead atoms. The van der Waals surface area contributed by atoms with Gasteiger partial charge in [0.05, 0.1) is 4.75 Å². The van der Waals surface area contributed by atoms with E-state index in [0.717, 1.165) is 38.5 Å². The smallest absolute Gasteiger partial charge is 0.256 e. The highest BCUT2D eigenvalue weighted by molar-refractivity contribution is 7.91. The molecule has 0 aromatic carbocycles. The fraction of sp³-hybridized carbons (Fsp3) is 0.762. The summed E-state index contributed by atoms with van der Waals surface area (Å²) in [4.78, 5) is 39.9. The Morgan fingerprint density at radius 3 is 2.60 bits per heavy atom. The number of hydrogen-bond donors (Lipinski definition) is 2. The minimum atomic E-state index is -3.78. The molecule has 0 radical (unpaired) electrons. The zero-order valence-electron chi connectivity index (χ0n) is 17.7. The monoisotopic (exact) mass is 439 g/mol. The SMILES string of the molecule is CC1(S(=O)(=O)NC(=O)C2C/C=C\CCCCCCC(=O)N3CCCC3C(=O)N2)CC1. The van der Waals surface area contributed by atoms with Gasteiger partial charge in [0.1, 0.15) is 12.1 Å². The molecule has 1 saturated carbocycles. The Morgan fingerprint density at radius 2 is 1.87 bits per heavy atom. The largest absolute Gasteiger partial charge is 0.342 e. The number of sulfonamides is 1. The van der Waals surface area contributed by atoms with E-state index in [2.05, 4.69) is 10.0 Å². The minimum absolute atomic E-state index is 0.0223. The molecule has 2 unspecified atom stereocenters. The maximum atomic E-state index is 12.9. The van der Waals surface area contributed by atoms with Gasteiger partial charge in [0.2, 0.25) is 21.8 Å².